The number of aromatic nitrogens is 2. The Morgan fingerprint density at radius 3 is 2.86 bits per heavy atom. The molecule has 2 aliphatic rings. The zero-order valence-electron chi connectivity index (χ0n) is 17.2. The SMILES string of the molecule is Cc1cc(CN2CCC(N3CCCC(C(=O)NCc4cccnc4)C3)CC2)on1. The lowest BCUT2D eigenvalue weighted by molar-refractivity contribution is -0.127. The molecule has 2 aromatic heterocycles. The number of rotatable bonds is 6. The Bertz CT molecular complexity index is 786. The first-order valence-corrected chi connectivity index (χ1v) is 10.7. The number of hydrogen-bond donors (Lipinski definition) is 1. The van der Waals surface area contributed by atoms with Gasteiger partial charge in [0, 0.05) is 50.7 Å². The maximum atomic E-state index is 12.7. The highest BCUT2D eigenvalue weighted by Gasteiger charge is 2.31. The third kappa shape index (κ3) is 5.42. The maximum absolute atomic E-state index is 12.7. The number of carbonyl (C=O) groups excluding carboxylic acids is 1. The number of likely N-dealkylation sites (tertiary alicyclic amines) is 2. The summed E-state index contributed by atoms with van der Waals surface area (Å²) >= 11 is 0. The first kappa shape index (κ1) is 20.0. The van der Waals surface area contributed by atoms with Crippen molar-refractivity contribution in [1.82, 2.24) is 25.3 Å². The Morgan fingerprint density at radius 2 is 2.14 bits per heavy atom. The highest BCUT2D eigenvalue weighted by molar-refractivity contribution is 5.78. The van der Waals surface area contributed by atoms with Gasteiger partial charge >= 0.3 is 0 Å². The van der Waals surface area contributed by atoms with Crippen molar-refractivity contribution in [1.29, 1.82) is 0 Å². The first-order valence-electron chi connectivity index (χ1n) is 10.7. The van der Waals surface area contributed by atoms with Gasteiger partial charge in [0.05, 0.1) is 18.2 Å². The van der Waals surface area contributed by atoms with Crippen molar-refractivity contribution in [2.24, 2.45) is 5.92 Å². The molecule has 2 aliphatic heterocycles. The van der Waals surface area contributed by atoms with Crippen LogP contribution in [0.4, 0.5) is 0 Å². The molecule has 7 nitrogen and oxygen atoms in total. The molecule has 2 fully saturated rings. The lowest BCUT2D eigenvalue weighted by Crippen LogP contribution is -2.50. The van der Waals surface area contributed by atoms with Crippen LogP contribution in [-0.4, -0.2) is 58.1 Å². The average Bonchev–Trinajstić information content (AvgIpc) is 3.18. The lowest BCUT2D eigenvalue weighted by atomic mass is 9.93. The van der Waals surface area contributed by atoms with E-state index in [-0.39, 0.29) is 11.8 Å². The van der Waals surface area contributed by atoms with Gasteiger partial charge in [-0.25, -0.2) is 0 Å². The summed E-state index contributed by atoms with van der Waals surface area (Å²) in [5.74, 6) is 1.22. The molecule has 1 atom stereocenters. The summed E-state index contributed by atoms with van der Waals surface area (Å²) in [4.78, 5) is 21.8. The summed E-state index contributed by atoms with van der Waals surface area (Å²) in [6.07, 6.45) is 7.94. The highest BCUT2D eigenvalue weighted by Crippen LogP contribution is 2.25. The molecular formula is C22H31N5O2. The van der Waals surface area contributed by atoms with Crippen molar-refractivity contribution in [2.45, 2.75) is 51.7 Å². The van der Waals surface area contributed by atoms with Gasteiger partial charge in [-0.15, -0.1) is 0 Å². The molecule has 0 aromatic carbocycles. The van der Waals surface area contributed by atoms with Crippen molar-refractivity contribution in [3.05, 3.63) is 47.6 Å². The van der Waals surface area contributed by atoms with E-state index in [0.717, 1.165) is 75.4 Å². The van der Waals surface area contributed by atoms with E-state index < -0.39 is 0 Å². The molecule has 29 heavy (non-hydrogen) atoms. The molecule has 156 valence electrons. The number of aryl methyl sites for hydroxylation is 1. The fraction of sp³-hybridized carbons (Fsp3) is 0.591. The van der Waals surface area contributed by atoms with Gasteiger partial charge in [-0.2, -0.15) is 0 Å². The predicted octanol–water partition coefficient (Wildman–Crippen LogP) is 2.37. The van der Waals surface area contributed by atoms with Gasteiger partial charge in [0.1, 0.15) is 0 Å². The molecule has 0 radical (unpaired) electrons. The quantitative estimate of drug-likeness (QED) is 0.807. The minimum atomic E-state index is 0.0932. The minimum absolute atomic E-state index is 0.0932. The molecular weight excluding hydrogens is 366 g/mol. The number of amides is 1. The first-order chi connectivity index (χ1) is 14.2. The smallest absolute Gasteiger partial charge is 0.224 e. The molecule has 1 unspecified atom stereocenters. The van der Waals surface area contributed by atoms with Gasteiger partial charge in [0.25, 0.3) is 0 Å². The van der Waals surface area contributed by atoms with Crippen molar-refractivity contribution in [3.8, 4) is 0 Å². The molecule has 0 saturated carbocycles. The summed E-state index contributed by atoms with van der Waals surface area (Å²) in [6.45, 7) is 7.48. The monoisotopic (exact) mass is 397 g/mol. The largest absolute Gasteiger partial charge is 0.360 e. The van der Waals surface area contributed by atoms with E-state index in [1.165, 1.54) is 0 Å². The summed E-state index contributed by atoms with van der Waals surface area (Å²) in [7, 11) is 0. The fourth-order valence-corrected chi connectivity index (χ4v) is 4.54. The molecule has 7 heteroatoms. The Labute approximate surface area is 172 Å². The normalized spacial score (nSPS) is 21.9. The molecule has 0 spiro atoms. The van der Waals surface area contributed by atoms with Crippen LogP contribution in [0.25, 0.3) is 0 Å². The molecule has 4 heterocycles. The summed E-state index contributed by atoms with van der Waals surface area (Å²) < 4.78 is 5.36. The van der Waals surface area contributed by atoms with Gasteiger partial charge in [-0.3, -0.25) is 19.6 Å². The summed E-state index contributed by atoms with van der Waals surface area (Å²) in [5.41, 5.74) is 1.99. The fourth-order valence-electron chi connectivity index (χ4n) is 4.54. The zero-order valence-corrected chi connectivity index (χ0v) is 17.2. The summed E-state index contributed by atoms with van der Waals surface area (Å²) in [6, 6.07) is 6.50. The standard InChI is InChI=1S/C22H31N5O2/c1-17-12-21(29-25-17)16-26-10-6-20(7-11-26)27-9-3-5-19(15-27)22(28)24-14-18-4-2-8-23-13-18/h2,4,8,12-13,19-20H,3,5-7,9-11,14-16H2,1H3,(H,24,28). The number of pyridine rings is 1. The Morgan fingerprint density at radius 1 is 1.28 bits per heavy atom. The van der Waals surface area contributed by atoms with E-state index in [9.17, 15) is 4.79 Å². The summed E-state index contributed by atoms with van der Waals surface area (Å²) in [5, 5.41) is 7.08. The molecule has 2 saturated heterocycles. The number of piperidine rings is 2. The van der Waals surface area contributed by atoms with E-state index in [0.29, 0.717) is 12.6 Å². The van der Waals surface area contributed by atoms with E-state index in [1.54, 1.807) is 12.4 Å². The van der Waals surface area contributed by atoms with Crippen LogP contribution in [-0.2, 0) is 17.9 Å². The van der Waals surface area contributed by atoms with Crippen molar-refractivity contribution in [2.75, 3.05) is 26.2 Å². The minimum Gasteiger partial charge on any atom is -0.360 e. The van der Waals surface area contributed by atoms with Crippen LogP contribution in [0.5, 0.6) is 0 Å². The van der Waals surface area contributed by atoms with Crippen molar-refractivity contribution in [3.63, 3.8) is 0 Å². The Balaban J connectivity index is 1.23. The van der Waals surface area contributed by atoms with E-state index in [1.807, 2.05) is 25.1 Å². The maximum Gasteiger partial charge on any atom is 0.224 e. The van der Waals surface area contributed by atoms with Crippen LogP contribution >= 0.6 is 0 Å². The molecule has 1 N–H and O–H groups in total. The van der Waals surface area contributed by atoms with Crippen LogP contribution in [0, 0.1) is 12.8 Å². The van der Waals surface area contributed by atoms with Crippen molar-refractivity contribution >= 4 is 5.91 Å². The second-order valence-corrected chi connectivity index (χ2v) is 8.36. The number of nitrogens with one attached hydrogen (secondary N) is 1. The zero-order chi connectivity index (χ0) is 20.1. The van der Waals surface area contributed by atoms with Gasteiger partial charge in [-0.05, 0) is 50.8 Å². The third-order valence-corrected chi connectivity index (χ3v) is 6.14. The third-order valence-electron chi connectivity index (χ3n) is 6.14. The number of hydrogen-bond acceptors (Lipinski definition) is 6. The molecule has 2 aromatic rings. The van der Waals surface area contributed by atoms with Gasteiger partial charge in [0.15, 0.2) is 5.76 Å². The predicted molar refractivity (Wildman–Crippen MR) is 110 cm³/mol. The molecule has 4 rings (SSSR count). The molecule has 0 aliphatic carbocycles. The lowest BCUT2D eigenvalue weighted by Gasteiger charge is -2.41. The van der Waals surface area contributed by atoms with E-state index >= 15 is 0 Å². The Hall–Kier alpha value is -2.25. The van der Waals surface area contributed by atoms with Gasteiger partial charge in [-0.1, -0.05) is 11.2 Å². The second kappa shape index (κ2) is 9.50. The van der Waals surface area contributed by atoms with Crippen LogP contribution in [0.15, 0.2) is 35.1 Å². The van der Waals surface area contributed by atoms with Crippen LogP contribution < -0.4 is 5.32 Å². The van der Waals surface area contributed by atoms with E-state index in [4.69, 9.17) is 4.52 Å². The topological polar surface area (TPSA) is 74.5 Å². The van der Waals surface area contributed by atoms with Crippen LogP contribution in [0.2, 0.25) is 0 Å². The van der Waals surface area contributed by atoms with Gasteiger partial charge < -0.3 is 9.84 Å². The van der Waals surface area contributed by atoms with Crippen molar-refractivity contribution < 1.29 is 9.32 Å². The molecule has 0 bridgehead atoms. The number of nitrogens with zero attached hydrogens (tertiary/aromatic N) is 4. The van der Waals surface area contributed by atoms with Crippen LogP contribution in [0.1, 0.15) is 42.7 Å². The van der Waals surface area contributed by atoms with Gasteiger partial charge in [0.2, 0.25) is 5.91 Å². The Kier molecular flexibility index (Phi) is 6.56. The average molecular weight is 398 g/mol. The van der Waals surface area contributed by atoms with E-state index in [2.05, 4.69) is 25.3 Å². The highest BCUT2D eigenvalue weighted by atomic mass is 16.5. The van der Waals surface area contributed by atoms with Crippen LogP contribution in [0.3, 0.4) is 0 Å². The molecule has 1 amide bonds. The second-order valence-electron chi connectivity index (χ2n) is 8.36. The number of carbonyl (C=O) groups is 1.